The van der Waals surface area contributed by atoms with Crippen molar-refractivity contribution in [2.75, 3.05) is 5.32 Å². The van der Waals surface area contributed by atoms with Crippen molar-refractivity contribution >= 4 is 17.7 Å². The molecule has 4 aliphatic rings. The van der Waals surface area contributed by atoms with Crippen molar-refractivity contribution in [1.82, 2.24) is 5.48 Å². The molecule has 0 aliphatic heterocycles. The SMILES string of the molecule is [2H]C([2H])(C(=O)NOC(=O)Nc1ccc(F)cc1)C12CC3CC(CC(C3)C1)C2. The van der Waals surface area contributed by atoms with Gasteiger partial charge in [-0.15, -0.1) is 0 Å². The van der Waals surface area contributed by atoms with E-state index in [9.17, 15) is 14.0 Å². The predicted molar refractivity (Wildman–Crippen MR) is 89.9 cm³/mol. The van der Waals surface area contributed by atoms with Gasteiger partial charge in [-0.2, -0.15) is 5.48 Å². The van der Waals surface area contributed by atoms with Gasteiger partial charge in [0.2, 0.25) is 0 Å². The summed E-state index contributed by atoms with van der Waals surface area (Å²) in [6.45, 7) is 0. The Bertz CT molecular complexity index is 719. The zero-order valence-electron chi connectivity index (χ0n) is 15.9. The van der Waals surface area contributed by atoms with Crippen LogP contribution in [-0.2, 0) is 9.63 Å². The van der Waals surface area contributed by atoms with E-state index in [0.717, 1.165) is 38.5 Å². The number of carbonyl (C=O) groups excluding carboxylic acids is 2. The number of hydroxylamine groups is 1. The summed E-state index contributed by atoms with van der Waals surface area (Å²) in [5, 5.41) is 2.35. The number of rotatable bonds is 3. The fraction of sp³-hybridized carbons (Fsp3) is 0.579. The van der Waals surface area contributed by atoms with Gasteiger partial charge in [0, 0.05) is 14.8 Å². The summed E-state index contributed by atoms with van der Waals surface area (Å²) in [6, 6.07) is 5.07. The van der Waals surface area contributed by atoms with Gasteiger partial charge in [0.25, 0.3) is 5.91 Å². The molecular formula is C19H23FN2O3. The molecule has 0 atom stereocenters. The standard InChI is InChI=1S/C19H23FN2O3/c20-15-1-3-16(4-2-15)21-18(24)25-22-17(23)11-19-8-12-5-13(9-19)7-14(6-12)10-19/h1-4,12-14H,5-11H2,(H,21,24)(H,22,23)/i11D2. The molecule has 5 nitrogen and oxygen atoms in total. The van der Waals surface area contributed by atoms with Crippen LogP contribution < -0.4 is 10.8 Å². The third-order valence-electron chi connectivity index (χ3n) is 5.74. The first kappa shape index (κ1) is 14.1. The molecule has 25 heavy (non-hydrogen) atoms. The molecule has 2 N–H and O–H groups in total. The second-order valence-corrected chi connectivity index (χ2v) is 7.78. The quantitative estimate of drug-likeness (QED) is 0.811. The van der Waals surface area contributed by atoms with Gasteiger partial charge in [-0.1, -0.05) is 0 Å². The average molecular weight is 348 g/mol. The van der Waals surface area contributed by atoms with Crippen LogP contribution in [0, 0.1) is 29.0 Å². The summed E-state index contributed by atoms with van der Waals surface area (Å²) in [5.41, 5.74) is 1.62. The zero-order chi connectivity index (χ0) is 19.2. The lowest BCUT2D eigenvalue weighted by Crippen LogP contribution is -2.48. The van der Waals surface area contributed by atoms with Gasteiger partial charge < -0.3 is 4.84 Å². The molecule has 4 aliphatic carbocycles. The summed E-state index contributed by atoms with van der Waals surface area (Å²) >= 11 is 0. The second-order valence-electron chi connectivity index (χ2n) is 7.78. The lowest BCUT2D eigenvalue weighted by molar-refractivity contribution is -0.137. The van der Waals surface area contributed by atoms with E-state index in [4.69, 9.17) is 7.58 Å². The van der Waals surface area contributed by atoms with Gasteiger partial charge in [-0.25, -0.2) is 9.18 Å². The fourth-order valence-corrected chi connectivity index (χ4v) is 5.30. The maximum atomic E-state index is 12.9. The minimum absolute atomic E-state index is 0.305. The van der Waals surface area contributed by atoms with Gasteiger partial charge in [0.05, 0.1) is 0 Å². The topological polar surface area (TPSA) is 67.4 Å². The number of amides is 2. The van der Waals surface area contributed by atoms with Gasteiger partial charge in [0.1, 0.15) is 5.82 Å². The number of hydrogen-bond donors (Lipinski definition) is 2. The van der Waals surface area contributed by atoms with Gasteiger partial charge in [0.15, 0.2) is 0 Å². The molecule has 6 heteroatoms. The van der Waals surface area contributed by atoms with E-state index in [2.05, 4.69) is 5.32 Å². The lowest BCUT2D eigenvalue weighted by Gasteiger charge is -2.56. The highest BCUT2D eigenvalue weighted by atomic mass is 19.1. The molecule has 0 spiro atoms. The molecule has 4 fully saturated rings. The molecule has 0 saturated heterocycles. The minimum Gasteiger partial charge on any atom is -0.321 e. The molecule has 1 aromatic carbocycles. The summed E-state index contributed by atoms with van der Waals surface area (Å²) in [4.78, 5) is 29.1. The highest BCUT2D eigenvalue weighted by Crippen LogP contribution is 2.61. The van der Waals surface area contributed by atoms with E-state index in [1.807, 2.05) is 5.48 Å². The van der Waals surface area contributed by atoms with Crippen molar-refractivity contribution in [3.05, 3.63) is 30.1 Å². The first-order valence-electron chi connectivity index (χ1n) is 9.81. The van der Waals surface area contributed by atoms with E-state index < -0.39 is 29.6 Å². The van der Waals surface area contributed by atoms with Crippen LogP contribution in [0.3, 0.4) is 0 Å². The second kappa shape index (κ2) is 6.32. The molecule has 0 heterocycles. The Morgan fingerprint density at radius 2 is 1.68 bits per heavy atom. The maximum Gasteiger partial charge on any atom is 0.436 e. The van der Waals surface area contributed by atoms with Crippen LogP contribution in [0.25, 0.3) is 0 Å². The predicted octanol–water partition coefficient (Wildman–Crippen LogP) is 4.01. The van der Waals surface area contributed by atoms with Crippen LogP contribution in [0.15, 0.2) is 24.3 Å². The molecule has 5 rings (SSSR count). The number of benzene rings is 1. The average Bonchev–Trinajstić information content (AvgIpc) is 2.60. The summed E-state index contributed by atoms with van der Waals surface area (Å²) in [6.07, 6.45) is 2.55. The van der Waals surface area contributed by atoms with Crippen molar-refractivity contribution in [3.8, 4) is 0 Å². The third-order valence-corrected chi connectivity index (χ3v) is 5.74. The van der Waals surface area contributed by atoms with E-state index in [1.165, 1.54) is 24.3 Å². The van der Waals surface area contributed by atoms with Crippen LogP contribution in [0.5, 0.6) is 0 Å². The number of nitrogens with one attached hydrogen (secondary N) is 2. The molecule has 134 valence electrons. The van der Waals surface area contributed by atoms with Gasteiger partial charge in [-0.3, -0.25) is 10.1 Å². The Hall–Kier alpha value is -2.11. The summed E-state index contributed by atoms with van der Waals surface area (Å²) in [7, 11) is 0. The normalized spacial score (nSPS) is 34.0. The van der Waals surface area contributed by atoms with E-state index in [-0.39, 0.29) is 0 Å². The molecule has 4 bridgehead atoms. The van der Waals surface area contributed by atoms with Crippen molar-refractivity contribution in [2.24, 2.45) is 23.2 Å². The molecule has 2 amide bonds. The zero-order valence-corrected chi connectivity index (χ0v) is 13.9. The summed E-state index contributed by atoms with van der Waals surface area (Å²) in [5.74, 6) is 0.148. The Balaban J connectivity index is 1.37. The van der Waals surface area contributed by atoms with E-state index >= 15 is 0 Å². The van der Waals surface area contributed by atoms with Gasteiger partial charge >= 0.3 is 6.09 Å². The third kappa shape index (κ3) is 3.62. The monoisotopic (exact) mass is 348 g/mol. The fourth-order valence-electron chi connectivity index (χ4n) is 5.30. The number of anilines is 1. The van der Waals surface area contributed by atoms with Crippen LogP contribution in [0.2, 0.25) is 0 Å². The van der Waals surface area contributed by atoms with Crippen molar-refractivity contribution < 1.29 is 21.6 Å². The van der Waals surface area contributed by atoms with E-state index in [1.54, 1.807) is 0 Å². The molecule has 4 saturated carbocycles. The molecule has 0 unspecified atom stereocenters. The van der Waals surface area contributed by atoms with Crippen LogP contribution in [-0.4, -0.2) is 12.0 Å². The number of halogens is 1. The maximum absolute atomic E-state index is 12.9. The molecular weight excluding hydrogens is 323 g/mol. The first-order chi connectivity index (χ1) is 12.8. The number of hydrogen-bond acceptors (Lipinski definition) is 3. The van der Waals surface area contributed by atoms with E-state index in [0.29, 0.717) is 23.4 Å². The molecule has 0 radical (unpaired) electrons. The van der Waals surface area contributed by atoms with Crippen molar-refractivity contribution in [2.45, 2.75) is 44.9 Å². The minimum atomic E-state index is -2.10. The Kier molecular flexibility index (Phi) is 3.56. The molecule has 1 aromatic rings. The van der Waals surface area contributed by atoms with Crippen LogP contribution in [0.1, 0.15) is 47.6 Å². The van der Waals surface area contributed by atoms with Crippen molar-refractivity contribution in [1.29, 1.82) is 0 Å². The smallest absolute Gasteiger partial charge is 0.321 e. The Morgan fingerprint density at radius 3 is 2.24 bits per heavy atom. The lowest BCUT2D eigenvalue weighted by atomic mass is 9.49. The number of carbonyl (C=O) groups is 2. The first-order valence-corrected chi connectivity index (χ1v) is 8.81. The van der Waals surface area contributed by atoms with Crippen LogP contribution in [0.4, 0.5) is 14.9 Å². The Labute approximate surface area is 149 Å². The van der Waals surface area contributed by atoms with Crippen LogP contribution >= 0.6 is 0 Å². The van der Waals surface area contributed by atoms with Gasteiger partial charge in [-0.05, 0) is 86.0 Å². The molecule has 0 aromatic heterocycles. The Morgan fingerprint density at radius 1 is 1.12 bits per heavy atom. The van der Waals surface area contributed by atoms with Crippen molar-refractivity contribution in [3.63, 3.8) is 0 Å². The largest absolute Gasteiger partial charge is 0.436 e. The summed E-state index contributed by atoms with van der Waals surface area (Å²) < 4.78 is 29.9. The highest BCUT2D eigenvalue weighted by Gasteiger charge is 2.51. The highest BCUT2D eigenvalue weighted by molar-refractivity contribution is 5.86.